The molecule has 29 heavy (non-hydrogen) atoms. The van der Waals surface area contributed by atoms with Gasteiger partial charge < -0.3 is 10.2 Å². The molecule has 0 radical (unpaired) electrons. The second-order valence-electron chi connectivity index (χ2n) is 7.17. The van der Waals surface area contributed by atoms with Crippen LogP contribution in [0.5, 0.6) is 0 Å². The molecule has 1 aliphatic rings. The molecule has 148 valence electrons. The Kier molecular flexibility index (Phi) is 5.79. The number of hydrogen-bond acceptors (Lipinski definition) is 4. The summed E-state index contributed by atoms with van der Waals surface area (Å²) < 4.78 is 13.3. The number of hydrogen-bond donors (Lipinski definition) is 1. The molecule has 1 fully saturated rings. The predicted octanol–water partition coefficient (Wildman–Crippen LogP) is 4.20. The zero-order chi connectivity index (χ0) is 20.1. The van der Waals surface area contributed by atoms with Crippen LogP contribution in [0, 0.1) is 5.82 Å². The molecule has 1 saturated heterocycles. The monoisotopic (exact) mass is 390 g/mol. The van der Waals surface area contributed by atoms with Crippen molar-refractivity contribution >= 4 is 11.7 Å². The van der Waals surface area contributed by atoms with Crippen LogP contribution in [0.3, 0.4) is 0 Å². The van der Waals surface area contributed by atoms with Crippen LogP contribution in [0.1, 0.15) is 35.2 Å². The van der Waals surface area contributed by atoms with Gasteiger partial charge in [0, 0.05) is 43.2 Å². The summed E-state index contributed by atoms with van der Waals surface area (Å²) in [6.07, 6.45) is 7.01. The Morgan fingerprint density at radius 3 is 2.52 bits per heavy atom. The van der Waals surface area contributed by atoms with Crippen molar-refractivity contribution in [3.63, 3.8) is 0 Å². The lowest BCUT2D eigenvalue weighted by atomic mass is 10.1. The smallest absolute Gasteiger partial charge is 0.251 e. The van der Waals surface area contributed by atoms with Gasteiger partial charge in [0.05, 0.1) is 0 Å². The first-order chi connectivity index (χ1) is 14.2. The third-order valence-corrected chi connectivity index (χ3v) is 5.10. The maximum atomic E-state index is 13.3. The van der Waals surface area contributed by atoms with Crippen LogP contribution in [-0.4, -0.2) is 29.0 Å². The molecule has 1 aliphatic heterocycles. The Hall–Kier alpha value is -3.28. The largest absolute Gasteiger partial charge is 0.355 e. The zero-order valence-corrected chi connectivity index (χ0v) is 16.1. The van der Waals surface area contributed by atoms with Gasteiger partial charge in [0.2, 0.25) is 0 Å². The van der Waals surface area contributed by atoms with Gasteiger partial charge in [-0.15, -0.1) is 0 Å². The van der Waals surface area contributed by atoms with Crippen molar-refractivity contribution in [2.75, 3.05) is 18.0 Å². The van der Waals surface area contributed by atoms with Crippen molar-refractivity contribution in [3.05, 3.63) is 77.9 Å². The van der Waals surface area contributed by atoms with E-state index in [0.29, 0.717) is 5.56 Å². The van der Waals surface area contributed by atoms with Crippen LogP contribution in [-0.2, 0) is 6.54 Å². The number of anilines is 1. The zero-order valence-electron chi connectivity index (χ0n) is 16.1. The highest BCUT2D eigenvalue weighted by Crippen LogP contribution is 2.28. The molecule has 2 heterocycles. The number of halogens is 1. The second-order valence-corrected chi connectivity index (χ2v) is 7.17. The summed E-state index contributed by atoms with van der Waals surface area (Å²) in [5.74, 6) is 0.390. The molecule has 5 nitrogen and oxygen atoms in total. The van der Waals surface area contributed by atoms with Gasteiger partial charge in [0.15, 0.2) is 5.82 Å². The molecule has 1 aromatic heterocycles. The number of aromatic nitrogens is 2. The number of benzene rings is 2. The number of rotatable bonds is 5. The van der Waals surface area contributed by atoms with Gasteiger partial charge in [0.1, 0.15) is 11.5 Å². The minimum Gasteiger partial charge on any atom is -0.355 e. The maximum absolute atomic E-state index is 13.3. The van der Waals surface area contributed by atoms with Crippen LogP contribution >= 0.6 is 0 Å². The molecule has 0 atom stereocenters. The van der Waals surface area contributed by atoms with Gasteiger partial charge >= 0.3 is 0 Å². The predicted molar refractivity (Wildman–Crippen MR) is 111 cm³/mol. The fourth-order valence-corrected chi connectivity index (χ4v) is 3.58. The van der Waals surface area contributed by atoms with E-state index >= 15 is 0 Å². The van der Waals surface area contributed by atoms with Gasteiger partial charge in [-0.3, -0.25) is 9.78 Å². The van der Waals surface area contributed by atoms with Crippen molar-refractivity contribution < 1.29 is 9.18 Å². The minimum absolute atomic E-state index is 0.198. The van der Waals surface area contributed by atoms with Crippen molar-refractivity contribution in [1.29, 1.82) is 0 Å². The molecular weight excluding hydrogens is 367 g/mol. The van der Waals surface area contributed by atoms with Gasteiger partial charge in [-0.25, -0.2) is 9.37 Å². The first kappa shape index (κ1) is 19.1. The van der Waals surface area contributed by atoms with Crippen LogP contribution in [0.4, 0.5) is 10.2 Å². The van der Waals surface area contributed by atoms with E-state index in [4.69, 9.17) is 0 Å². The van der Waals surface area contributed by atoms with E-state index in [2.05, 4.69) is 20.2 Å². The highest BCUT2D eigenvalue weighted by molar-refractivity contribution is 5.94. The quantitative estimate of drug-likeness (QED) is 0.709. The van der Waals surface area contributed by atoms with Crippen molar-refractivity contribution in [3.8, 4) is 11.3 Å². The Balaban J connectivity index is 1.47. The van der Waals surface area contributed by atoms with E-state index in [1.165, 1.54) is 31.4 Å². The molecule has 1 N–H and O–H groups in total. The van der Waals surface area contributed by atoms with Gasteiger partial charge in [0.25, 0.3) is 5.91 Å². The summed E-state index contributed by atoms with van der Waals surface area (Å²) in [5, 5.41) is 2.82. The molecule has 0 saturated carbocycles. The van der Waals surface area contributed by atoms with Crippen molar-refractivity contribution in [1.82, 2.24) is 15.3 Å². The molecule has 0 aliphatic carbocycles. The van der Waals surface area contributed by atoms with Gasteiger partial charge in [-0.05, 0) is 49.1 Å². The Morgan fingerprint density at radius 2 is 1.76 bits per heavy atom. The standard InChI is InChI=1S/C23H23FN4O/c24-20-6-4-5-17(15-20)16-27-23(29)19-9-7-18(8-10-19)21-22(26-12-11-25-21)28-13-2-1-3-14-28/h4-12,15H,1-3,13-14,16H2,(H,27,29). The second kappa shape index (κ2) is 8.82. The maximum Gasteiger partial charge on any atom is 0.251 e. The number of amides is 1. The van der Waals surface area contributed by atoms with E-state index in [9.17, 15) is 9.18 Å². The summed E-state index contributed by atoms with van der Waals surface area (Å²) in [4.78, 5) is 23.8. The molecular formula is C23H23FN4O. The molecule has 0 spiro atoms. The average molecular weight is 390 g/mol. The number of piperidine rings is 1. The highest BCUT2D eigenvalue weighted by atomic mass is 19.1. The summed E-state index contributed by atoms with van der Waals surface area (Å²) in [5.41, 5.74) is 3.04. The van der Waals surface area contributed by atoms with Gasteiger partial charge in [-0.1, -0.05) is 24.3 Å². The molecule has 4 rings (SSSR count). The number of nitrogens with one attached hydrogen (secondary N) is 1. The Labute approximate surface area is 169 Å². The van der Waals surface area contributed by atoms with E-state index in [-0.39, 0.29) is 18.3 Å². The van der Waals surface area contributed by atoms with E-state index in [0.717, 1.165) is 35.7 Å². The fraction of sp³-hybridized carbons (Fsp3) is 0.261. The van der Waals surface area contributed by atoms with Crippen molar-refractivity contribution in [2.45, 2.75) is 25.8 Å². The highest BCUT2D eigenvalue weighted by Gasteiger charge is 2.18. The molecule has 0 unspecified atom stereocenters. The first-order valence-electron chi connectivity index (χ1n) is 9.90. The van der Waals surface area contributed by atoms with Crippen molar-refractivity contribution in [2.24, 2.45) is 0 Å². The summed E-state index contributed by atoms with van der Waals surface area (Å²) in [6, 6.07) is 13.6. The number of carbonyl (C=O) groups is 1. The van der Waals surface area contributed by atoms with E-state index < -0.39 is 0 Å². The third-order valence-electron chi connectivity index (χ3n) is 5.10. The summed E-state index contributed by atoms with van der Waals surface area (Å²) in [7, 11) is 0. The van der Waals surface area contributed by atoms with Crippen LogP contribution in [0.15, 0.2) is 60.9 Å². The molecule has 3 aromatic rings. The SMILES string of the molecule is O=C(NCc1cccc(F)c1)c1ccc(-c2nccnc2N2CCCCC2)cc1. The number of carbonyl (C=O) groups excluding carboxylic acids is 1. The van der Waals surface area contributed by atoms with E-state index in [1.54, 1.807) is 36.7 Å². The Bertz CT molecular complexity index is 984. The third kappa shape index (κ3) is 4.59. The molecule has 1 amide bonds. The van der Waals surface area contributed by atoms with Crippen LogP contribution in [0.25, 0.3) is 11.3 Å². The summed E-state index contributed by atoms with van der Waals surface area (Å²) in [6.45, 7) is 2.26. The lowest BCUT2D eigenvalue weighted by Crippen LogP contribution is -2.30. The molecule has 2 aromatic carbocycles. The van der Waals surface area contributed by atoms with Crippen LogP contribution < -0.4 is 10.2 Å². The molecule has 0 bridgehead atoms. The minimum atomic E-state index is -0.311. The normalized spacial score (nSPS) is 13.9. The van der Waals surface area contributed by atoms with Crippen LogP contribution in [0.2, 0.25) is 0 Å². The topological polar surface area (TPSA) is 58.1 Å². The first-order valence-corrected chi connectivity index (χ1v) is 9.90. The lowest BCUT2D eigenvalue weighted by Gasteiger charge is -2.28. The molecule has 6 heteroatoms. The average Bonchev–Trinajstić information content (AvgIpc) is 2.78. The van der Waals surface area contributed by atoms with Gasteiger partial charge in [-0.2, -0.15) is 0 Å². The fourth-order valence-electron chi connectivity index (χ4n) is 3.58. The lowest BCUT2D eigenvalue weighted by molar-refractivity contribution is 0.0951. The Morgan fingerprint density at radius 1 is 1.00 bits per heavy atom. The van der Waals surface area contributed by atoms with E-state index in [1.807, 2.05) is 12.1 Å². The number of nitrogens with zero attached hydrogens (tertiary/aromatic N) is 3. The summed E-state index contributed by atoms with van der Waals surface area (Å²) >= 11 is 0.